The van der Waals surface area contributed by atoms with Crippen molar-refractivity contribution in [2.45, 2.75) is 19.8 Å². The summed E-state index contributed by atoms with van der Waals surface area (Å²) in [6.07, 6.45) is 1.18. The van der Waals surface area contributed by atoms with Crippen LogP contribution < -0.4 is 5.32 Å². The van der Waals surface area contributed by atoms with Gasteiger partial charge in [-0.2, -0.15) is 11.8 Å². The molecule has 0 saturated heterocycles. The van der Waals surface area contributed by atoms with Gasteiger partial charge in [0.15, 0.2) is 5.13 Å². The predicted molar refractivity (Wildman–Crippen MR) is 99.5 cm³/mol. The molecule has 24 heavy (non-hydrogen) atoms. The Labute approximate surface area is 149 Å². The van der Waals surface area contributed by atoms with Crippen LogP contribution in [0.1, 0.15) is 18.2 Å². The zero-order valence-electron chi connectivity index (χ0n) is 13.7. The van der Waals surface area contributed by atoms with Crippen LogP contribution in [-0.2, 0) is 20.7 Å². The maximum Gasteiger partial charge on any atom is 0.310 e. The van der Waals surface area contributed by atoms with E-state index in [1.807, 2.05) is 30.3 Å². The van der Waals surface area contributed by atoms with Gasteiger partial charge in [0.05, 0.1) is 25.0 Å². The van der Waals surface area contributed by atoms with Crippen molar-refractivity contribution >= 4 is 40.1 Å². The molecule has 0 spiro atoms. The Morgan fingerprint density at radius 1 is 1.29 bits per heavy atom. The van der Waals surface area contributed by atoms with Crippen molar-refractivity contribution in [3.05, 3.63) is 35.2 Å². The zero-order chi connectivity index (χ0) is 17.4. The molecule has 2 aromatic rings. The van der Waals surface area contributed by atoms with Gasteiger partial charge in [-0.05, 0) is 12.2 Å². The van der Waals surface area contributed by atoms with Gasteiger partial charge in [0.2, 0.25) is 5.91 Å². The highest BCUT2D eigenvalue weighted by molar-refractivity contribution is 7.99. The van der Waals surface area contributed by atoms with Crippen molar-refractivity contribution in [2.75, 3.05) is 23.9 Å². The molecule has 0 aliphatic carbocycles. The molecular weight excluding hydrogens is 344 g/mol. The average Bonchev–Trinajstić information content (AvgIpc) is 2.98. The molecule has 0 bridgehead atoms. The molecule has 5 nitrogen and oxygen atoms in total. The van der Waals surface area contributed by atoms with Crippen LogP contribution in [0, 0.1) is 0 Å². The van der Waals surface area contributed by atoms with Gasteiger partial charge in [-0.3, -0.25) is 9.59 Å². The number of amides is 1. The Bertz CT molecular complexity index is 686. The first-order chi connectivity index (χ1) is 11.6. The van der Waals surface area contributed by atoms with E-state index in [0.29, 0.717) is 16.6 Å². The molecule has 0 radical (unpaired) electrons. The molecule has 2 rings (SSSR count). The minimum Gasteiger partial charge on any atom is -0.469 e. The van der Waals surface area contributed by atoms with E-state index in [4.69, 9.17) is 4.74 Å². The monoisotopic (exact) mass is 364 g/mol. The molecule has 0 unspecified atom stereocenters. The smallest absolute Gasteiger partial charge is 0.310 e. The van der Waals surface area contributed by atoms with Crippen LogP contribution >= 0.6 is 23.1 Å². The van der Waals surface area contributed by atoms with Gasteiger partial charge in [-0.1, -0.05) is 37.3 Å². The van der Waals surface area contributed by atoms with Crippen LogP contribution in [0.25, 0.3) is 11.3 Å². The van der Waals surface area contributed by atoms with E-state index < -0.39 is 0 Å². The number of benzene rings is 1. The Balaban J connectivity index is 2.18. The summed E-state index contributed by atoms with van der Waals surface area (Å²) in [5, 5.41) is 3.33. The first kappa shape index (κ1) is 18.5. The summed E-state index contributed by atoms with van der Waals surface area (Å²) >= 11 is 2.91. The van der Waals surface area contributed by atoms with Crippen molar-refractivity contribution in [1.82, 2.24) is 4.98 Å². The van der Waals surface area contributed by atoms with Crippen LogP contribution in [0.15, 0.2) is 30.3 Å². The van der Waals surface area contributed by atoms with E-state index in [0.717, 1.165) is 22.6 Å². The average molecular weight is 364 g/mol. The molecule has 0 aliphatic heterocycles. The number of hydrogen-bond acceptors (Lipinski definition) is 6. The topological polar surface area (TPSA) is 68.3 Å². The summed E-state index contributed by atoms with van der Waals surface area (Å²) in [7, 11) is 1.36. The fraction of sp³-hybridized carbons (Fsp3) is 0.353. The maximum atomic E-state index is 12.0. The van der Waals surface area contributed by atoms with Crippen LogP contribution in [0.2, 0.25) is 0 Å². The number of anilines is 1. The summed E-state index contributed by atoms with van der Waals surface area (Å²) in [5.41, 5.74) is 1.62. The lowest BCUT2D eigenvalue weighted by molar-refractivity contribution is -0.139. The number of carbonyl (C=O) groups is 2. The second-order valence-electron chi connectivity index (χ2n) is 5.01. The molecule has 1 heterocycles. The van der Waals surface area contributed by atoms with E-state index in [-0.39, 0.29) is 18.3 Å². The molecule has 0 aliphatic rings. The lowest BCUT2D eigenvalue weighted by Crippen LogP contribution is -2.14. The zero-order valence-corrected chi connectivity index (χ0v) is 15.3. The number of methoxy groups -OCH3 is 1. The van der Waals surface area contributed by atoms with Crippen molar-refractivity contribution in [3.8, 4) is 11.3 Å². The Kier molecular flexibility index (Phi) is 7.27. The van der Waals surface area contributed by atoms with E-state index in [2.05, 4.69) is 17.2 Å². The molecule has 128 valence electrons. The molecule has 1 amide bonds. The van der Waals surface area contributed by atoms with Crippen molar-refractivity contribution < 1.29 is 14.3 Å². The van der Waals surface area contributed by atoms with Crippen LogP contribution in [0.5, 0.6) is 0 Å². The number of carbonyl (C=O) groups excluding carboxylic acids is 2. The van der Waals surface area contributed by atoms with Gasteiger partial charge in [0, 0.05) is 10.4 Å². The lowest BCUT2D eigenvalue weighted by Gasteiger charge is -2.01. The fourth-order valence-electron chi connectivity index (χ4n) is 2.01. The number of ether oxygens (including phenoxy) is 1. The normalized spacial score (nSPS) is 10.4. The first-order valence-corrected chi connectivity index (χ1v) is 9.60. The highest BCUT2D eigenvalue weighted by Crippen LogP contribution is 2.31. The fourth-order valence-corrected chi connectivity index (χ4v) is 3.69. The second-order valence-corrected chi connectivity index (χ2v) is 7.20. The molecule has 0 saturated carbocycles. The van der Waals surface area contributed by atoms with E-state index in [1.54, 1.807) is 11.8 Å². The first-order valence-electron chi connectivity index (χ1n) is 7.63. The number of aromatic nitrogens is 1. The molecule has 1 N–H and O–H groups in total. The number of esters is 1. The van der Waals surface area contributed by atoms with Gasteiger partial charge in [-0.25, -0.2) is 4.98 Å². The third-order valence-corrected chi connectivity index (χ3v) is 5.24. The molecule has 7 heteroatoms. The van der Waals surface area contributed by atoms with Gasteiger partial charge in [0.25, 0.3) is 0 Å². The van der Waals surface area contributed by atoms with Crippen LogP contribution in [0.3, 0.4) is 0 Å². The van der Waals surface area contributed by atoms with Crippen molar-refractivity contribution in [2.24, 2.45) is 0 Å². The quantitative estimate of drug-likeness (QED) is 0.572. The minimum atomic E-state index is -0.327. The minimum absolute atomic E-state index is 0.0774. The third kappa shape index (κ3) is 5.35. The summed E-state index contributed by atoms with van der Waals surface area (Å²) in [4.78, 5) is 28.9. The number of thiazole rings is 1. The molecule has 1 aromatic heterocycles. The summed E-state index contributed by atoms with van der Waals surface area (Å²) in [5.74, 6) is 0.952. The Morgan fingerprint density at radius 3 is 2.71 bits per heavy atom. The van der Waals surface area contributed by atoms with E-state index in [1.165, 1.54) is 18.4 Å². The molecule has 0 atom stereocenters. The number of nitrogens with one attached hydrogen (secondary N) is 1. The molecular formula is C17H20N2O3S2. The van der Waals surface area contributed by atoms with Crippen molar-refractivity contribution in [1.29, 1.82) is 0 Å². The largest absolute Gasteiger partial charge is 0.469 e. The highest BCUT2D eigenvalue weighted by atomic mass is 32.2. The predicted octanol–water partition coefficient (Wildman–Crippen LogP) is 3.61. The summed E-state index contributed by atoms with van der Waals surface area (Å²) < 4.78 is 4.75. The van der Waals surface area contributed by atoms with Gasteiger partial charge in [0.1, 0.15) is 0 Å². The number of rotatable bonds is 8. The van der Waals surface area contributed by atoms with Crippen molar-refractivity contribution in [3.63, 3.8) is 0 Å². The van der Waals surface area contributed by atoms with E-state index in [9.17, 15) is 9.59 Å². The van der Waals surface area contributed by atoms with Gasteiger partial charge < -0.3 is 10.1 Å². The standard InChI is InChI=1S/C17H20N2O3S2/c1-3-9-23-11-14(20)18-17-19-16(12-7-5-4-6-8-12)13(24-17)10-15(21)22-2/h4-8H,3,9-11H2,1-2H3,(H,18,19,20). The molecule has 1 aromatic carbocycles. The number of nitrogens with zero attached hydrogens (tertiary/aromatic N) is 1. The Morgan fingerprint density at radius 2 is 2.04 bits per heavy atom. The van der Waals surface area contributed by atoms with Gasteiger partial charge in [-0.15, -0.1) is 11.3 Å². The second kappa shape index (κ2) is 9.44. The SMILES string of the molecule is CCCSCC(=O)Nc1nc(-c2ccccc2)c(CC(=O)OC)s1. The summed E-state index contributed by atoms with van der Waals surface area (Å²) in [6, 6.07) is 9.60. The van der Waals surface area contributed by atoms with Crippen LogP contribution in [0.4, 0.5) is 5.13 Å². The maximum absolute atomic E-state index is 12.0. The van der Waals surface area contributed by atoms with Gasteiger partial charge >= 0.3 is 5.97 Å². The highest BCUT2D eigenvalue weighted by Gasteiger charge is 2.17. The lowest BCUT2D eigenvalue weighted by atomic mass is 10.1. The van der Waals surface area contributed by atoms with E-state index >= 15 is 0 Å². The number of hydrogen-bond donors (Lipinski definition) is 1. The third-order valence-electron chi connectivity index (χ3n) is 3.11. The molecule has 0 fully saturated rings. The summed E-state index contributed by atoms with van der Waals surface area (Å²) in [6.45, 7) is 2.08. The number of thioether (sulfide) groups is 1. The Hall–Kier alpha value is -1.86. The van der Waals surface area contributed by atoms with Crippen LogP contribution in [-0.4, -0.2) is 35.5 Å².